The van der Waals surface area contributed by atoms with Crippen molar-refractivity contribution in [3.8, 4) is 11.1 Å². The van der Waals surface area contributed by atoms with Crippen LogP contribution in [0.15, 0.2) is 65.1 Å². The summed E-state index contributed by atoms with van der Waals surface area (Å²) in [5.41, 5.74) is 3.16. The number of aliphatic hydroxyl groups excluding tert-OH is 1. The number of nitrogens with zero attached hydrogens (tertiary/aromatic N) is 1. The zero-order valence-corrected chi connectivity index (χ0v) is 26.1. The topological polar surface area (TPSA) is 80.0 Å². The highest BCUT2D eigenvalue weighted by Gasteiger charge is 2.53. The molecule has 42 heavy (non-hydrogen) atoms. The van der Waals surface area contributed by atoms with Crippen molar-refractivity contribution in [3.63, 3.8) is 0 Å². The van der Waals surface area contributed by atoms with Crippen LogP contribution in [0, 0.1) is 18.8 Å². The van der Waals surface area contributed by atoms with Crippen molar-refractivity contribution in [2.45, 2.75) is 104 Å². The lowest BCUT2D eigenvalue weighted by molar-refractivity contribution is -0.139. The molecule has 1 fully saturated rings. The fraction of sp³-hybridized carbons (Fsp3) is 0.500. The standard InChI is InChI=1S/C36H47NO5/c1-7-8-9-10-14-20-30-28(27-19-15-16-25(4)21-27)23-31(41-30)32(38)29(22-26-17-12-11-13-18-26)34(39)37-33(24(2)3)36(5,6)42-35(37)40/h11-13,15-19,21,23-24,29,32-33,38H,7-10,14,20,22H2,1-6H3/t29-,32-,33-/m0/s1. The average Bonchev–Trinajstić information content (AvgIpc) is 3.48. The highest BCUT2D eigenvalue weighted by Crippen LogP contribution is 2.39. The van der Waals surface area contributed by atoms with Crippen molar-refractivity contribution in [3.05, 3.63) is 83.3 Å². The smallest absolute Gasteiger partial charge is 0.417 e. The summed E-state index contributed by atoms with van der Waals surface area (Å²) in [6.07, 6.45) is 4.75. The Hall–Kier alpha value is -3.38. The summed E-state index contributed by atoms with van der Waals surface area (Å²) in [4.78, 5) is 28.6. The molecule has 3 atom stereocenters. The minimum absolute atomic E-state index is 0.0271. The number of hydrogen-bond donors (Lipinski definition) is 1. The number of imide groups is 1. The van der Waals surface area contributed by atoms with E-state index in [0.29, 0.717) is 5.76 Å². The van der Waals surface area contributed by atoms with Crippen LogP contribution in [0.4, 0.5) is 4.79 Å². The van der Waals surface area contributed by atoms with Crippen LogP contribution in [0.25, 0.3) is 11.1 Å². The number of rotatable bonds is 13. The molecule has 6 nitrogen and oxygen atoms in total. The molecule has 2 aromatic carbocycles. The van der Waals surface area contributed by atoms with Gasteiger partial charge in [0, 0.05) is 12.0 Å². The van der Waals surface area contributed by atoms with Crippen molar-refractivity contribution >= 4 is 12.0 Å². The number of furan rings is 1. The van der Waals surface area contributed by atoms with Crippen molar-refractivity contribution in [2.24, 2.45) is 11.8 Å². The number of ether oxygens (including phenoxy) is 1. The maximum Gasteiger partial charge on any atom is 0.417 e. The van der Waals surface area contributed by atoms with Gasteiger partial charge in [-0.25, -0.2) is 9.69 Å². The first-order valence-corrected chi connectivity index (χ1v) is 15.5. The Kier molecular flexibility index (Phi) is 10.3. The van der Waals surface area contributed by atoms with Crippen LogP contribution in [0.2, 0.25) is 0 Å². The number of carbonyl (C=O) groups is 2. The molecule has 1 N–H and O–H groups in total. The Labute approximate surface area is 251 Å². The molecule has 0 unspecified atom stereocenters. The molecule has 2 heterocycles. The van der Waals surface area contributed by atoms with E-state index in [1.807, 2.05) is 70.2 Å². The number of amides is 2. The van der Waals surface area contributed by atoms with E-state index >= 15 is 0 Å². The lowest BCUT2D eigenvalue weighted by atomic mass is 9.86. The quantitative estimate of drug-likeness (QED) is 0.208. The van der Waals surface area contributed by atoms with Crippen molar-refractivity contribution in [1.82, 2.24) is 4.90 Å². The van der Waals surface area contributed by atoms with Crippen LogP contribution in [-0.4, -0.2) is 33.6 Å². The number of unbranched alkanes of at least 4 members (excludes halogenated alkanes) is 4. The second-order valence-electron chi connectivity index (χ2n) is 12.6. The Bertz CT molecular complexity index is 1340. The molecular weight excluding hydrogens is 526 g/mol. The van der Waals surface area contributed by atoms with Gasteiger partial charge in [-0.2, -0.15) is 0 Å². The molecule has 4 rings (SSSR count). The molecule has 1 aliphatic rings. The molecule has 226 valence electrons. The fourth-order valence-electron chi connectivity index (χ4n) is 6.39. The largest absolute Gasteiger partial charge is 0.463 e. The van der Waals surface area contributed by atoms with E-state index in [0.717, 1.165) is 47.3 Å². The monoisotopic (exact) mass is 573 g/mol. The minimum Gasteiger partial charge on any atom is -0.463 e. The van der Waals surface area contributed by atoms with E-state index < -0.39 is 35.7 Å². The van der Waals surface area contributed by atoms with Gasteiger partial charge in [0.15, 0.2) is 0 Å². The minimum atomic E-state index is -1.25. The lowest BCUT2D eigenvalue weighted by Gasteiger charge is -2.33. The molecule has 3 aromatic rings. The van der Waals surface area contributed by atoms with E-state index in [1.165, 1.54) is 24.2 Å². The normalized spacial score (nSPS) is 17.9. The van der Waals surface area contributed by atoms with Gasteiger partial charge in [-0.3, -0.25) is 4.79 Å². The summed E-state index contributed by atoms with van der Waals surface area (Å²) < 4.78 is 12.1. The van der Waals surface area contributed by atoms with E-state index in [1.54, 1.807) is 0 Å². The maximum absolute atomic E-state index is 14.3. The molecule has 0 spiro atoms. The number of aryl methyl sites for hydroxylation is 2. The van der Waals surface area contributed by atoms with Gasteiger partial charge < -0.3 is 14.3 Å². The van der Waals surface area contributed by atoms with Crippen LogP contribution in [0.3, 0.4) is 0 Å². The first-order valence-electron chi connectivity index (χ1n) is 15.5. The van der Waals surface area contributed by atoms with E-state index in [-0.39, 0.29) is 12.3 Å². The van der Waals surface area contributed by atoms with Gasteiger partial charge in [-0.1, -0.05) is 107 Å². The zero-order chi connectivity index (χ0) is 30.4. The summed E-state index contributed by atoms with van der Waals surface area (Å²) >= 11 is 0. The van der Waals surface area contributed by atoms with Gasteiger partial charge in [0.25, 0.3) is 0 Å². The Morgan fingerprint density at radius 1 is 1.00 bits per heavy atom. The highest BCUT2D eigenvalue weighted by molar-refractivity contribution is 5.96. The van der Waals surface area contributed by atoms with Gasteiger partial charge in [0.1, 0.15) is 23.2 Å². The molecule has 0 saturated carbocycles. The predicted octanol–water partition coefficient (Wildman–Crippen LogP) is 8.44. The maximum atomic E-state index is 14.3. The van der Waals surface area contributed by atoms with E-state index in [9.17, 15) is 14.7 Å². The third-order valence-corrected chi connectivity index (χ3v) is 8.36. The van der Waals surface area contributed by atoms with Gasteiger partial charge in [-0.15, -0.1) is 0 Å². The first kappa shape index (κ1) is 31.6. The molecule has 6 heteroatoms. The van der Waals surface area contributed by atoms with E-state index in [4.69, 9.17) is 9.15 Å². The van der Waals surface area contributed by atoms with Crippen LogP contribution < -0.4 is 0 Å². The average molecular weight is 574 g/mol. The van der Waals surface area contributed by atoms with Crippen LogP contribution in [0.1, 0.15) is 95.5 Å². The number of benzene rings is 2. The van der Waals surface area contributed by atoms with E-state index in [2.05, 4.69) is 32.0 Å². The van der Waals surface area contributed by atoms with Crippen molar-refractivity contribution < 1.29 is 23.8 Å². The second kappa shape index (κ2) is 13.7. The van der Waals surface area contributed by atoms with Crippen molar-refractivity contribution in [2.75, 3.05) is 0 Å². The Morgan fingerprint density at radius 2 is 1.71 bits per heavy atom. The molecular formula is C36H47NO5. The molecule has 0 aliphatic carbocycles. The number of aliphatic hydroxyl groups is 1. The Balaban J connectivity index is 1.72. The molecule has 0 bridgehead atoms. The van der Waals surface area contributed by atoms with Gasteiger partial charge >= 0.3 is 6.09 Å². The van der Waals surface area contributed by atoms with Gasteiger partial charge in [0.05, 0.1) is 12.0 Å². The summed E-state index contributed by atoms with van der Waals surface area (Å²) in [7, 11) is 0. The summed E-state index contributed by atoms with van der Waals surface area (Å²) in [5, 5.41) is 11.9. The highest BCUT2D eigenvalue weighted by atomic mass is 16.6. The SMILES string of the molecule is CCCCCCCc1oc([C@@H](O)[C@H](Cc2ccccc2)C(=O)N2C(=O)OC(C)(C)[C@@H]2C(C)C)cc1-c1cccc(C)c1. The Morgan fingerprint density at radius 3 is 2.38 bits per heavy atom. The lowest BCUT2D eigenvalue weighted by Crippen LogP contribution is -2.50. The molecule has 1 aromatic heterocycles. The molecule has 2 amide bonds. The summed E-state index contributed by atoms with van der Waals surface area (Å²) in [6.45, 7) is 11.9. The van der Waals surface area contributed by atoms with Gasteiger partial charge in [-0.05, 0) is 56.7 Å². The third-order valence-electron chi connectivity index (χ3n) is 8.36. The molecule has 1 aliphatic heterocycles. The molecule has 0 radical (unpaired) electrons. The summed E-state index contributed by atoms with van der Waals surface area (Å²) in [6, 6.07) is 19.3. The number of carbonyl (C=O) groups excluding carboxylic acids is 2. The fourth-order valence-corrected chi connectivity index (χ4v) is 6.39. The van der Waals surface area contributed by atoms with Crippen molar-refractivity contribution in [1.29, 1.82) is 0 Å². The molecule has 1 saturated heterocycles. The van der Waals surface area contributed by atoms with Crippen LogP contribution >= 0.6 is 0 Å². The number of cyclic esters (lactones) is 1. The first-order chi connectivity index (χ1) is 20.0. The van der Waals surface area contributed by atoms with Gasteiger partial charge in [0.2, 0.25) is 5.91 Å². The zero-order valence-electron chi connectivity index (χ0n) is 26.1. The summed E-state index contributed by atoms with van der Waals surface area (Å²) in [5.74, 6) is -0.254. The second-order valence-corrected chi connectivity index (χ2v) is 12.6. The van der Waals surface area contributed by atoms with Crippen LogP contribution in [-0.2, 0) is 22.4 Å². The number of hydrogen-bond acceptors (Lipinski definition) is 5. The predicted molar refractivity (Wildman–Crippen MR) is 166 cm³/mol. The van der Waals surface area contributed by atoms with Crippen LogP contribution in [0.5, 0.6) is 0 Å². The third kappa shape index (κ3) is 7.15.